The Hall–Kier alpha value is -10.2. The molecule has 0 saturated heterocycles. The number of rotatable bonds is 14. The molecule has 0 bridgehead atoms. The molecular weight excluding hydrogens is 1060 g/mol. The second kappa shape index (κ2) is 21.2. The van der Waals surface area contributed by atoms with Gasteiger partial charge in [-0.15, -0.1) is 0 Å². The highest BCUT2D eigenvalue weighted by Gasteiger charge is 2.47. The lowest BCUT2D eigenvalue weighted by atomic mass is 9.68. The number of fused-ring (bicyclic) bond motifs is 6. The van der Waals surface area contributed by atoms with Crippen molar-refractivity contribution in [1.82, 2.24) is 0 Å². The third-order valence-corrected chi connectivity index (χ3v) is 18.4. The second-order valence-corrected chi connectivity index (χ2v) is 24.2. The summed E-state index contributed by atoms with van der Waals surface area (Å²) in [7, 11) is -3.88. The standard InChI is InChI=1S/C78H58O6S/c1-51-45-52(2)48-65(47-51)83-61-33-25-57(26-34-61)77(73-17-9-5-13-69(73)70-14-6-10-18-74(70)77)55-21-29-59(30-22-55)81-63-37-41-67(42-38-63)85(79,80)68-43-39-64(40-44-68)82-60-31-23-56(24-32-60)78(75-19-11-7-15-71(75)72-16-8-12-20-76(72)78)58-27-35-62(36-28-58)84-66-49-53(3)46-54(4)50-66/h5-50H,1-4H3. The smallest absolute Gasteiger partial charge is 0.206 e. The van der Waals surface area contributed by atoms with Gasteiger partial charge in [0.05, 0.1) is 20.6 Å². The molecule has 0 amide bonds. The highest BCUT2D eigenvalue weighted by atomic mass is 32.2. The minimum Gasteiger partial charge on any atom is -0.457 e. The third kappa shape index (κ3) is 9.34. The Morgan fingerprint density at radius 3 is 0.706 bits per heavy atom. The van der Waals surface area contributed by atoms with Gasteiger partial charge < -0.3 is 18.9 Å². The van der Waals surface area contributed by atoms with Gasteiger partial charge in [-0.05, 0) is 238 Å². The van der Waals surface area contributed by atoms with Crippen molar-refractivity contribution in [3.05, 3.63) is 346 Å². The first-order valence-corrected chi connectivity index (χ1v) is 30.1. The molecule has 0 spiro atoms. The first-order valence-electron chi connectivity index (χ1n) is 28.6. The molecule has 85 heavy (non-hydrogen) atoms. The van der Waals surface area contributed by atoms with Crippen LogP contribution in [0, 0.1) is 27.7 Å². The number of sulfone groups is 1. The van der Waals surface area contributed by atoms with E-state index in [1.54, 1.807) is 48.5 Å². The van der Waals surface area contributed by atoms with Gasteiger partial charge in [0.25, 0.3) is 0 Å². The Bertz CT molecular complexity index is 4180. The van der Waals surface area contributed by atoms with Crippen LogP contribution in [-0.2, 0) is 20.7 Å². The van der Waals surface area contributed by atoms with Gasteiger partial charge in [0.2, 0.25) is 9.84 Å². The summed E-state index contributed by atoms with van der Waals surface area (Å²) < 4.78 is 53.7. The van der Waals surface area contributed by atoms with E-state index in [1.807, 2.05) is 24.3 Å². The zero-order valence-corrected chi connectivity index (χ0v) is 48.2. The van der Waals surface area contributed by atoms with Crippen LogP contribution in [0.1, 0.15) is 66.8 Å². The average Bonchev–Trinajstić information content (AvgIpc) is 1.78. The summed E-state index contributed by atoms with van der Waals surface area (Å²) in [6.45, 7) is 8.31. The fraction of sp³-hybridized carbons (Fsp3) is 0.0769. The molecule has 2 aliphatic carbocycles. The first-order chi connectivity index (χ1) is 41.4. The van der Waals surface area contributed by atoms with E-state index in [2.05, 4.69) is 234 Å². The SMILES string of the molecule is Cc1cc(C)cc(Oc2ccc(C3(c4ccc(Oc5ccc(S(=O)(=O)c6ccc(Oc7ccc(C8(c9ccc(Oc%10cc(C)cc(C)c%10)cc9)c9ccccc9-c9ccccc98)cc7)cc6)cc5)cc4)c4ccccc4-c4ccccc43)cc2)c1. The van der Waals surface area contributed by atoms with Crippen molar-refractivity contribution in [3.63, 3.8) is 0 Å². The van der Waals surface area contributed by atoms with Crippen molar-refractivity contribution in [2.24, 2.45) is 0 Å². The summed E-state index contributed by atoms with van der Waals surface area (Å²) in [5.74, 6) is 5.41. The van der Waals surface area contributed by atoms with Gasteiger partial charge in [0.1, 0.15) is 46.0 Å². The van der Waals surface area contributed by atoms with Crippen molar-refractivity contribution in [2.45, 2.75) is 48.3 Å². The fourth-order valence-electron chi connectivity index (χ4n) is 13.2. The highest BCUT2D eigenvalue weighted by molar-refractivity contribution is 7.91. The quantitative estimate of drug-likeness (QED) is 0.108. The summed E-state index contributed by atoms with van der Waals surface area (Å²) in [6, 6.07) is 93.5. The monoisotopic (exact) mass is 1120 g/mol. The first kappa shape index (κ1) is 52.8. The molecule has 14 rings (SSSR count). The summed E-state index contributed by atoms with van der Waals surface area (Å²) in [5.41, 5.74) is 17.3. The lowest BCUT2D eigenvalue weighted by Gasteiger charge is -2.34. The predicted molar refractivity (Wildman–Crippen MR) is 338 cm³/mol. The molecule has 0 radical (unpaired) electrons. The van der Waals surface area contributed by atoms with Crippen molar-refractivity contribution in [1.29, 1.82) is 0 Å². The molecule has 0 aliphatic heterocycles. The van der Waals surface area contributed by atoms with Crippen LogP contribution in [0.3, 0.4) is 0 Å². The van der Waals surface area contributed by atoms with Crippen molar-refractivity contribution < 1.29 is 27.4 Å². The molecule has 0 fully saturated rings. The lowest BCUT2D eigenvalue weighted by Crippen LogP contribution is -2.28. The van der Waals surface area contributed by atoms with Gasteiger partial charge in [0, 0.05) is 0 Å². The topological polar surface area (TPSA) is 71.1 Å². The molecule has 0 unspecified atom stereocenters. The van der Waals surface area contributed by atoms with Crippen LogP contribution >= 0.6 is 0 Å². The molecular formula is C78H58O6S. The summed E-state index contributed by atoms with van der Waals surface area (Å²) >= 11 is 0. The molecule has 6 nitrogen and oxygen atoms in total. The Labute approximate surface area is 496 Å². The second-order valence-electron chi connectivity index (χ2n) is 22.3. The minimum atomic E-state index is -3.88. The normalized spacial score (nSPS) is 13.2. The fourth-order valence-corrected chi connectivity index (χ4v) is 14.4. The van der Waals surface area contributed by atoms with E-state index in [9.17, 15) is 8.42 Å². The number of hydrogen-bond donors (Lipinski definition) is 0. The molecule has 0 heterocycles. The summed E-state index contributed by atoms with van der Waals surface area (Å²) in [6.07, 6.45) is 0. The Kier molecular flexibility index (Phi) is 13.2. The maximum atomic E-state index is 14.1. The van der Waals surface area contributed by atoms with E-state index in [0.29, 0.717) is 23.0 Å². The van der Waals surface area contributed by atoms with Crippen molar-refractivity contribution in [2.75, 3.05) is 0 Å². The van der Waals surface area contributed by atoms with Crippen LogP contribution in [0.15, 0.2) is 289 Å². The van der Waals surface area contributed by atoms with Gasteiger partial charge in [-0.25, -0.2) is 8.42 Å². The van der Waals surface area contributed by atoms with Crippen molar-refractivity contribution in [3.8, 4) is 68.2 Å². The number of aryl methyl sites for hydroxylation is 4. The largest absolute Gasteiger partial charge is 0.457 e. The molecule has 7 heteroatoms. The van der Waals surface area contributed by atoms with Crippen LogP contribution in [0.25, 0.3) is 22.3 Å². The molecule has 412 valence electrons. The number of hydrogen-bond acceptors (Lipinski definition) is 6. The van der Waals surface area contributed by atoms with Crippen LogP contribution in [-0.4, -0.2) is 8.42 Å². The van der Waals surface area contributed by atoms with E-state index in [1.165, 1.54) is 44.5 Å². The number of ether oxygens (including phenoxy) is 4. The van der Waals surface area contributed by atoms with Crippen LogP contribution in [0.5, 0.6) is 46.0 Å². The maximum Gasteiger partial charge on any atom is 0.206 e. The minimum absolute atomic E-state index is 0.151. The molecule has 12 aromatic rings. The Balaban J connectivity index is 0.686. The van der Waals surface area contributed by atoms with Crippen LogP contribution in [0.4, 0.5) is 0 Å². The van der Waals surface area contributed by atoms with Crippen LogP contribution < -0.4 is 18.9 Å². The molecule has 0 atom stereocenters. The summed E-state index contributed by atoms with van der Waals surface area (Å²) in [4.78, 5) is 0.302. The van der Waals surface area contributed by atoms with Gasteiger partial charge >= 0.3 is 0 Å². The van der Waals surface area contributed by atoms with E-state index in [-0.39, 0.29) is 9.79 Å². The average molecular weight is 1120 g/mol. The number of benzene rings is 12. The highest BCUT2D eigenvalue weighted by Crippen LogP contribution is 2.58. The molecule has 2 aliphatic rings. The zero-order chi connectivity index (χ0) is 57.9. The molecule has 0 saturated carbocycles. The van der Waals surface area contributed by atoms with E-state index < -0.39 is 20.7 Å². The van der Waals surface area contributed by atoms with E-state index >= 15 is 0 Å². The van der Waals surface area contributed by atoms with Gasteiger partial charge in [-0.3, -0.25) is 0 Å². The lowest BCUT2D eigenvalue weighted by molar-refractivity contribution is 0.480. The Morgan fingerprint density at radius 1 is 0.247 bits per heavy atom. The molecule has 12 aromatic carbocycles. The predicted octanol–water partition coefficient (Wildman–Crippen LogP) is 19.6. The van der Waals surface area contributed by atoms with Crippen molar-refractivity contribution >= 4 is 9.84 Å². The maximum absolute atomic E-state index is 14.1. The van der Waals surface area contributed by atoms with Gasteiger partial charge in [-0.2, -0.15) is 0 Å². The van der Waals surface area contributed by atoms with E-state index in [0.717, 1.165) is 67.5 Å². The molecule has 0 N–H and O–H groups in total. The third-order valence-electron chi connectivity index (χ3n) is 16.7. The van der Waals surface area contributed by atoms with E-state index in [4.69, 9.17) is 18.9 Å². The summed E-state index contributed by atoms with van der Waals surface area (Å²) in [5, 5.41) is 0. The van der Waals surface area contributed by atoms with Gasteiger partial charge in [0.15, 0.2) is 0 Å². The zero-order valence-electron chi connectivity index (χ0n) is 47.4. The molecule has 0 aromatic heterocycles. The van der Waals surface area contributed by atoms with Crippen LogP contribution in [0.2, 0.25) is 0 Å². The van der Waals surface area contributed by atoms with Gasteiger partial charge in [-0.1, -0.05) is 158 Å². The Morgan fingerprint density at radius 2 is 0.459 bits per heavy atom.